The lowest BCUT2D eigenvalue weighted by Gasteiger charge is -2.19. The number of aromatic nitrogens is 4. The molecule has 0 radical (unpaired) electrons. The summed E-state index contributed by atoms with van der Waals surface area (Å²) in [6.45, 7) is 40.6. The zero-order chi connectivity index (χ0) is 45.6. The minimum atomic E-state index is 0. The summed E-state index contributed by atoms with van der Waals surface area (Å²) in [7, 11) is 0. The zero-order valence-electron chi connectivity index (χ0n) is 40.0. The van der Waals surface area contributed by atoms with E-state index in [-0.39, 0.29) is 56.5 Å². The monoisotopic (exact) mass is 863 g/mol. The quantitative estimate of drug-likeness (QED) is 0.174. The lowest BCUT2D eigenvalue weighted by molar-refractivity contribution is 0.0722. The molecule has 0 saturated carbocycles. The summed E-state index contributed by atoms with van der Waals surface area (Å²) in [6.07, 6.45) is 8.81. The smallest absolute Gasteiger partial charge is 0.256 e. The summed E-state index contributed by atoms with van der Waals surface area (Å²) in [4.78, 5) is 31.4. The van der Waals surface area contributed by atoms with Crippen molar-refractivity contribution in [1.82, 2.24) is 29.7 Å². The van der Waals surface area contributed by atoms with Crippen LogP contribution in [0.25, 0.3) is 0 Å². The van der Waals surface area contributed by atoms with Gasteiger partial charge in [0.15, 0.2) is 0 Å². The zero-order valence-corrected chi connectivity index (χ0v) is 40.0. The second-order valence-electron chi connectivity index (χ2n) is 16.7. The Balaban J connectivity index is -0.000000328. The highest BCUT2D eigenvalue weighted by atomic mass is 16.5. The molecule has 2 aliphatic heterocycles. The maximum Gasteiger partial charge on any atom is 0.256 e. The molecule has 5 aromatic rings. The van der Waals surface area contributed by atoms with Crippen molar-refractivity contribution in [3.05, 3.63) is 126 Å². The fourth-order valence-corrected chi connectivity index (χ4v) is 5.23. The molecule has 352 valence electrons. The molecule has 4 aromatic heterocycles. The van der Waals surface area contributed by atoms with Crippen LogP contribution >= 0.6 is 0 Å². The number of pyridine rings is 1. The lowest BCUT2D eigenvalue weighted by Crippen LogP contribution is -2.30. The highest BCUT2D eigenvalue weighted by Gasteiger charge is 2.30. The van der Waals surface area contributed by atoms with Crippen molar-refractivity contribution in [2.24, 2.45) is 0 Å². The van der Waals surface area contributed by atoms with Crippen LogP contribution < -0.4 is 0 Å². The van der Waals surface area contributed by atoms with E-state index in [0.29, 0.717) is 12.6 Å². The molecule has 10 heteroatoms. The number of carbonyl (C=O) groups excluding carboxylic acids is 2. The van der Waals surface area contributed by atoms with Gasteiger partial charge in [-0.1, -0.05) is 129 Å². The predicted octanol–water partition coefficient (Wildman–Crippen LogP) is 14.7. The van der Waals surface area contributed by atoms with Crippen LogP contribution in [-0.4, -0.2) is 53.6 Å². The SMILES string of the molecule is C.C.C.CC.CC.CC.CC(C)(C)c1ccco1.CC(C)(C)c1ccon1.CC(C)(C)n1cccn1.CC(C)N1Cc2ccccc2C1=O.CC(C)N1Cc2ncccc2C1=O. The van der Waals surface area contributed by atoms with Crippen LogP contribution in [0.1, 0.15) is 197 Å². The molecule has 6 heterocycles. The normalized spacial score (nSPS) is 11.9. The topological polar surface area (TPSA) is 110 Å². The standard InChI is InChI=1S/C11H13NO.C10H12N2O.C8H12O.C7H12N2.C7H11NO.3C2H6.3CH4/c1-8(2)12-7-9-5-3-4-6-10(9)11(12)13;1-7(2)12-6-9-8(10(12)13)4-3-5-11-9;1-8(2,3)7-5-4-6-9-7;1-7(2,3)9-6-4-5-8-9;1-7(2,3)6-4-5-9-8-6;3*1-2;;;/h3-6,8H,7H2,1-2H3;3-5,7H,6H2,1-2H3;2*4-6H,1-3H3;4-5H,1-3H3;3*1-2H3;3*1H4. The summed E-state index contributed by atoms with van der Waals surface area (Å²) < 4.78 is 11.8. The van der Waals surface area contributed by atoms with Gasteiger partial charge in [-0.05, 0) is 90.4 Å². The molecule has 7 rings (SSSR count). The number of amides is 2. The molecule has 2 aliphatic rings. The largest absolute Gasteiger partial charge is 0.469 e. The Labute approximate surface area is 379 Å². The number of nitrogens with zero attached hydrogens (tertiary/aromatic N) is 6. The number of benzene rings is 1. The highest BCUT2D eigenvalue weighted by Crippen LogP contribution is 2.25. The van der Waals surface area contributed by atoms with Gasteiger partial charge < -0.3 is 18.7 Å². The van der Waals surface area contributed by atoms with E-state index >= 15 is 0 Å². The fourth-order valence-electron chi connectivity index (χ4n) is 5.23. The first-order valence-electron chi connectivity index (χ1n) is 21.3. The lowest BCUT2D eigenvalue weighted by atomic mass is 9.93. The molecule has 0 aliphatic carbocycles. The molecule has 62 heavy (non-hydrogen) atoms. The Morgan fingerprint density at radius 3 is 1.48 bits per heavy atom. The van der Waals surface area contributed by atoms with Crippen LogP contribution in [0.4, 0.5) is 0 Å². The molecule has 0 saturated heterocycles. The Morgan fingerprint density at radius 1 is 0.597 bits per heavy atom. The van der Waals surface area contributed by atoms with Crippen molar-refractivity contribution < 1.29 is 18.5 Å². The van der Waals surface area contributed by atoms with E-state index in [1.165, 1.54) is 0 Å². The van der Waals surface area contributed by atoms with Crippen LogP contribution in [0.2, 0.25) is 0 Å². The van der Waals surface area contributed by atoms with Gasteiger partial charge in [-0.2, -0.15) is 5.10 Å². The Hall–Kier alpha value is -4.99. The Kier molecular flexibility index (Phi) is 31.8. The molecule has 1 aromatic carbocycles. The molecule has 0 bridgehead atoms. The van der Waals surface area contributed by atoms with E-state index in [1.54, 1.807) is 31.0 Å². The maximum atomic E-state index is 11.8. The van der Waals surface area contributed by atoms with E-state index in [0.717, 1.165) is 40.4 Å². The van der Waals surface area contributed by atoms with Crippen molar-refractivity contribution in [2.45, 2.75) is 195 Å². The van der Waals surface area contributed by atoms with Gasteiger partial charge in [0.05, 0.1) is 35.3 Å². The molecule has 0 atom stereocenters. The van der Waals surface area contributed by atoms with Crippen molar-refractivity contribution in [3.8, 4) is 0 Å². The van der Waals surface area contributed by atoms with Gasteiger partial charge in [-0.25, -0.2) is 0 Å². The van der Waals surface area contributed by atoms with Crippen LogP contribution in [0.3, 0.4) is 0 Å². The van der Waals surface area contributed by atoms with Crippen molar-refractivity contribution in [1.29, 1.82) is 0 Å². The van der Waals surface area contributed by atoms with E-state index in [2.05, 4.69) is 77.6 Å². The fraction of sp³-hybridized carbons (Fsp3) is 0.558. The number of rotatable bonds is 2. The van der Waals surface area contributed by atoms with Gasteiger partial charge in [-0.3, -0.25) is 19.3 Å². The minimum absolute atomic E-state index is 0. The molecule has 0 spiro atoms. The van der Waals surface area contributed by atoms with Gasteiger partial charge in [-0.15, -0.1) is 0 Å². The molecular weight excluding hydrogens is 773 g/mol. The van der Waals surface area contributed by atoms with Crippen molar-refractivity contribution in [3.63, 3.8) is 0 Å². The summed E-state index contributed by atoms with van der Waals surface area (Å²) in [5, 5.41) is 7.92. The first kappa shape index (κ1) is 63.6. The Morgan fingerprint density at radius 2 is 1.13 bits per heavy atom. The minimum Gasteiger partial charge on any atom is -0.469 e. The number of carbonyl (C=O) groups is 2. The van der Waals surface area contributed by atoms with Crippen molar-refractivity contribution in [2.75, 3.05) is 0 Å². The van der Waals surface area contributed by atoms with Crippen LogP contribution in [0.5, 0.6) is 0 Å². The summed E-state index contributed by atoms with van der Waals surface area (Å²) in [6, 6.07) is 19.8. The van der Waals surface area contributed by atoms with Crippen molar-refractivity contribution >= 4 is 11.8 Å². The van der Waals surface area contributed by atoms with Gasteiger partial charge in [0.2, 0.25) is 0 Å². The number of hydrogen-bond acceptors (Lipinski definition) is 7. The average Bonchev–Trinajstić information content (AvgIpc) is 4.05. The molecule has 2 amide bonds. The van der Waals surface area contributed by atoms with Gasteiger partial charge in [0, 0.05) is 59.7 Å². The van der Waals surface area contributed by atoms with Gasteiger partial charge >= 0.3 is 0 Å². The van der Waals surface area contributed by atoms with E-state index < -0.39 is 0 Å². The second kappa shape index (κ2) is 30.9. The summed E-state index contributed by atoms with van der Waals surface area (Å²) >= 11 is 0. The first-order chi connectivity index (χ1) is 27.7. The first-order valence-corrected chi connectivity index (χ1v) is 21.3. The maximum absolute atomic E-state index is 11.8. The second-order valence-corrected chi connectivity index (χ2v) is 16.7. The van der Waals surface area contributed by atoms with Crippen LogP contribution in [-0.2, 0) is 29.5 Å². The van der Waals surface area contributed by atoms with E-state index in [4.69, 9.17) is 8.94 Å². The van der Waals surface area contributed by atoms with Crippen LogP contribution in [0.15, 0.2) is 101 Å². The Bertz CT molecular complexity index is 1650. The molecular formula is C52H90N6O4. The molecule has 0 fully saturated rings. The third-order valence-corrected chi connectivity index (χ3v) is 8.46. The van der Waals surface area contributed by atoms with Gasteiger partial charge in [0.25, 0.3) is 11.8 Å². The number of hydrogen-bond donors (Lipinski definition) is 0. The number of furan rings is 1. The summed E-state index contributed by atoms with van der Waals surface area (Å²) in [5.74, 6) is 1.33. The molecule has 10 nitrogen and oxygen atoms in total. The predicted molar refractivity (Wildman–Crippen MR) is 265 cm³/mol. The third-order valence-electron chi connectivity index (χ3n) is 8.46. The highest BCUT2D eigenvalue weighted by molar-refractivity contribution is 5.98. The molecule has 0 unspecified atom stereocenters. The summed E-state index contributed by atoms with van der Waals surface area (Å²) in [5.41, 5.74) is 5.09. The van der Waals surface area contributed by atoms with Crippen LogP contribution in [0, 0.1) is 0 Å². The van der Waals surface area contributed by atoms with E-state index in [9.17, 15) is 9.59 Å². The van der Waals surface area contributed by atoms with E-state index in [1.807, 2.05) is 145 Å². The average molecular weight is 863 g/mol. The number of fused-ring (bicyclic) bond motifs is 2. The third kappa shape index (κ3) is 20.7. The molecule has 0 N–H and O–H groups in total. The van der Waals surface area contributed by atoms with Gasteiger partial charge in [0.1, 0.15) is 12.0 Å².